The van der Waals surface area contributed by atoms with Crippen molar-refractivity contribution < 1.29 is 17.7 Å². The number of piperidine rings is 1. The number of nitrogens with zero attached hydrogens (tertiary/aromatic N) is 2. The summed E-state index contributed by atoms with van der Waals surface area (Å²) < 4.78 is 37.2. The van der Waals surface area contributed by atoms with E-state index in [4.69, 9.17) is 9.26 Å². The van der Waals surface area contributed by atoms with E-state index in [1.54, 1.807) is 13.8 Å². The largest absolute Gasteiger partial charge is 0.377 e. The van der Waals surface area contributed by atoms with E-state index in [0.717, 1.165) is 12.8 Å². The molecule has 0 radical (unpaired) electrons. The quantitative estimate of drug-likeness (QED) is 0.839. The van der Waals surface area contributed by atoms with Gasteiger partial charge in [-0.1, -0.05) is 5.16 Å². The molecule has 1 aromatic rings. The molecule has 0 N–H and O–H groups in total. The van der Waals surface area contributed by atoms with E-state index in [0.29, 0.717) is 31.2 Å². The molecule has 0 aliphatic carbocycles. The summed E-state index contributed by atoms with van der Waals surface area (Å²) in [5.41, 5.74) is 0.413. The molecule has 0 saturated carbocycles. The first-order chi connectivity index (χ1) is 8.96. The van der Waals surface area contributed by atoms with E-state index in [9.17, 15) is 8.42 Å². The summed E-state index contributed by atoms with van der Waals surface area (Å²) in [7, 11) is -3.53. The van der Waals surface area contributed by atoms with Crippen LogP contribution in [0.25, 0.3) is 0 Å². The molecule has 1 aliphatic rings. The minimum atomic E-state index is -3.53. The molecule has 2 rings (SSSR count). The fourth-order valence-electron chi connectivity index (χ4n) is 2.47. The van der Waals surface area contributed by atoms with Gasteiger partial charge in [0.1, 0.15) is 10.6 Å². The van der Waals surface area contributed by atoms with Gasteiger partial charge >= 0.3 is 0 Å². The first kappa shape index (κ1) is 14.5. The van der Waals surface area contributed by atoms with E-state index in [2.05, 4.69) is 5.16 Å². The summed E-state index contributed by atoms with van der Waals surface area (Å²) in [6.45, 7) is 6.71. The van der Waals surface area contributed by atoms with Crippen LogP contribution in [0.1, 0.15) is 31.2 Å². The van der Waals surface area contributed by atoms with Crippen molar-refractivity contribution in [3.8, 4) is 0 Å². The average Bonchev–Trinajstić information content (AvgIpc) is 2.70. The molecule has 0 bridgehead atoms. The van der Waals surface area contributed by atoms with Gasteiger partial charge in [-0.3, -0.25) is 0 Å². The SMILES string of the molecule is CCO[C@H]1CCCN(S(=O)(=O)c2c(C)noc2C)C1. The van der Waals surface area contributed by atoms with Gasteiger partial charge in [0, 0.05) is 19.7 Å². The minimum Gasteiger partial charge on any atom is -0.377 e. The zero-order chi connectivity index (χ0) is 14.0. The fraction of sp³-hybridized carbons (Fsp3) is 0.750. The van der Waals surface area contributed by atoms with Gasteiger partial charge in [-0.15, -0.1) is 0 Å². The Morgan fingerprint density at radius 3 is 2.79 bits per heavy atom. The van der Waals surface area contributed by atoms with Gasteiger partial charge in [-0.05, 0) is 33.6 Å². The third kappa shape index (κ3) is 2.82. The summed E-state index contributed by atoms with van der Waals surface area (Å²) in [4.78, 5) is 0.199. The summed E-state index contributed by atoms with van der Waals surface area (Å²) in [6, 6.07) is 0. The molecule has 1 atom stereocenters. The van der Waals surface area contributed by atoms with Gasteiger partial charge in [0.2, 0.25) is 10.0 Å². The molecule has 1 aliphatic heterocycles. The lowest BCUT2D eigenvalue weighted by atomic mass is 10.1. The third-order valence-electron chi connectivity index (χ3n) is 3.31. The lowest BCUT2D eigenvalue weighted by molar-refractivity contribution is 0.0265. The Morgan fingerprint density at radius 2 is 2.21 bits per heavy atom. The van der Waals surface area contributed by atoms with Gasteiger partial charge in [-0.25, -0.2) is 8.42 Å². The van der Waals surface area contributed by atoms with Crippen molar-refractivity contribution in [1.82, 2.24) is 9.46 Å². The Kier molecular flexibility index (Phi) is 4.27. The van der Waals surface area contributed by atoms with E-state index >= 15 is 0 Å². The van der Waals surface area contributed by atoms with Crippen LogP contribution in [0.3, 0.4) is 0 Å². The van der Waals surface area contributed by atoms with Crippen molar-refractivity contribution in [3.05, 3.63) is 11.5 Å². The molecule has 108 valence electrons. The Morgan fingerprint density at radius 1 is 1.47 bits per heavy atom. The van der Waals surface area contributed by atoms with Crippen molar-refractivity contribution in [2.45, 2.75) is 44.6 Å². The Balaban J connectivity index is 2.25. The molecule has 1 fully saturated rings. The second-order valence-corrected chi connectivity index (χ2v) is 6.61. The van der Waals surface area contributed by atoms with Crippen molar-refractivity contribution in [2.24, 2.45) is 0 Å². The van der Waals surface area contributed by atoms with Crippen molar-refractivity contribution >= 4 is 10.0 Å². The molecule has 6 nitrogen and oxygen atoms in total. The predicted molar refractivity (Wildman–Crippen MR) is 69.4 cm³/mol. The maximum absolute atomic E-state index is 12.6. The van der Waals surface area contributed by atoms with Gasteiger partial charge in [-0.2, -0.15) is 4.31 Å². The smallest absolute Gasteiger partial charge is 0.248 e. The van der Waals surface area contributed by atoms with Crippen LogP contribution in [0.15, 0.2) is 9.42 Å². The first-order valence-corrected chi connectivity index (χ1v) is 7.95. The molecular weight excluding hydrogens is 268 g/mol. The first-order valence-electron chi connectivity index (χ1n) is 6.51. The van der Waals surface area contributed by atoms with E-state index < -0.39 is 10.0 Å². The summed E-state index contributed by atoms with van der Waals surface area (Å²) in [6.07, 6.45) is 1.70. The topological polar surface area (TPSA) is 72.6 Å². The van der Waals surface area contributed by atoms with E-state index in [1.807, 2.05) is 6.92 Å². The summed E-state index contributed by atoms with van der Waals surface area (Å²) in [5, 5.41) is 3.72. The number of aromatic nitrogens is 1. The van der Waals surface area contributed by atoms with Crippen LogP contribution in [0.2, 0.25) is 0 Å². The molecule has 2 heterocycles. The number of sulfonamides is 1. The zero-order valence-electron chi connectivity index (χ0n) is 11.5. The second-order valence-electron chi connectivity index (χ2n) is 4.74. The minimum absolute atomic E-state index is 0.0194. The highest BCUT2D eigenvalue weighted by Gasteiger charge is 2.34. The normalized spacial score (nSPS) is 21.7. The van der Waals surface area contributed by atoms with Crippen molar-refractivity contribution in [1.29, 1.82) is 0 Å². The molecular formula is C12H20N2O4S. The molecule has 7 heteroatoms. The predicted octanol–water partition coefficient (Wildman–Crippen LogP) is 1.48. The molecule has 1 saturated heterocycles. The molecule has 19 heavy (non-hydrogen) atoms. The van der Waals surface area contributed by atoms with Crippen LogP contribution in [0.5, 0.6) is 0 Å². The second kappa shape index (κ2) is 5.60. The number of rotatable bonds is 4. The van der Waals surface area contributed by atoms with Crippen LogP contribution >= 0.6 is 0 Å². The Hall–Kier alpha value is -0.920. The maximum atomic E-state index is 12.6. The molecule has 0 unspecified atom stereocenters. The van der Waals surface area contributed by atoms with Crippen LogP contribution in [-0.2, 0) is 14.8 Å². The van der Waals surface area contributed by atoms with Crippen LogP contribution in [-0.4, -0.2) is 43.7 Å². The molecule has 1 aromatic heterocycles. The maximum Gasteiger partial charge on any atom is 0.248 e. The number of hydrogen-bond acceptors (Lipinski definition) is 5. The van der Waals surface area contributed by atoms with E-state index in [-0.39, 0.29) is 11.0 Å². The zero-order valence-corrected chi connectivity index (χ0v) is 12.4. The van der Waals surface area contributed by atoms with E-state index in [1.165, 1.54) is 4.31 Å². The lowest BCUT2D eigenvalue weighted by Crippen LogP contribution is -2.43. The van der Waals surface area contributed by atoms with Gasteiger partial charge in [0.05, 0.1) is 6.10 Å². The number of ether oxygens (including phenoxy) is 1. The Labute approximate surface area is 113 Å². The number of hydrogen-bond donors (Lipinski definition) is 0. The third-order valence-corrected chi connectivity index (χ3v) is 5.42. The van der Waals surface area contributed by atoms with Crippen LogP contribution in [0.4, 0.5) is 0 Å². The van der Waals surface area contributed by atoms with Gasteiger partial charge < -0.3 is 9.26 Å². The number of aryl methyl sites for hydroxylation is 2. The fourth-order valence-corrected chi connectivity index (χ4v) is 4.27. The van der Waals surface area contributed by atoms with Gasteiger partial charge in [0.15, 0.2) is 5.76 Å². The standard InChI is InChI=1S/C12H20N2O4S/c1-4-17-11-6-5-7-14(8-11)19(15,16)12-9(2)13-18-10(12)3/h11H,4-8H2,1-3H3/t11-/m0/s1. The monoisotopic (exact) mass is 288 g/mol. The highest BCUT2D eigenvalue weighted by Crippen LogP contribution is 2.26. The summed E-state index contributed by atoms with van der Waals surface area (Å²) in [5.74, 6) is 0.344. The molecule has 0 amide bonds. The molecule has 0 spiro atoms. The Bertz CT molecular complexity index is 516. The highest BCUT2D eigenvalue weighted by atomic mass is 32.2. The lowest BCUT2D eigenvalue weighted by Gasteiger charge is -2.31. The highest BCUT2D eigenvalue weighted by molar-refractivity contribution is 7.89. The summed E-state index contributed by atoms with van der Waals surface area (Å²) >= 11 is 0. The van der Waals surface area contributed by atoms with Crippen LogP contribution < -0.4 is 0 Å². The van der Waals surface area contributed by atoms with Crippen molar-refractivity contribution in [3.63, 3.8) is 0 Å². The van der Waals surface area contributed by atoms with Crippen LogP contribution in [0, 0.1) is 13.8 Å². The molecule has 0 aromatic carbocycles. The van der Waals surface area contributed by atoms with Gasteiger partial charge in [0.25, 0.3) is 0 Å². The average molecular weight is 288 g/mol. The van der Waals surface area contributed by atoms with Crippen molar-refractivity contribution in [2.75, 3.05) is 19.7 Å².